The number of hydrogen-bond donors (Lipinski definition) is 3. The molecule has 0 atom stereocenters. The van der Waals surface area contributed by atoms with Gasteiger partial charge in [-0.05, 0) is 31.4 Å². The van der Waals surface area contributed by atoms with Crippen molar-refractivity contribution in [1.82, 2.24) is 9.97 Å². The number of carbonyl (C=O) groups is 1. The average molecular weight is 334 g/mol. The van der Waals surface area contributed by atoms with Gasteiger partial charge < -0.3 is 16.4 Å². The molecule has 2 aromatic heterocycles. The van der Waals surface area contributed by atoms with Crippen LogP contribution in [0.2, 0.25) is 0 Å². The first kappa shape index (κ1) is 16.5. The molecule has 1 fully saturated rings. The number of anilines is 3. The number of aromatic nitrogens is 2. The van der Waals surface area contributed by atoms with Crippen molar-refractivity contribution in [2.24, 2.45) is 5.73 Å². The maximum atomic E-state index is 11.4. The van der Waals surface area contributed by atoms with Crippen LogP contribution in [0.1, 0.15) is 30.4 Å². The maximum Gasteiger partial charge on any atom is 0.248 e. The molecule has 0 aliphatic heterocycles. The van der Waals surface area contributed by atoms with E-state index in [0.717, 1.165) is 18.5 Å². The predicted molar refractivity (Wildman–Crippen MR) is 96.0 cm³/mol. The van der Waals surface area contributed by atoms with Gasteiger partial charge in [-0.25, -0.2) is 9.97 Å². The standard InChI is InChI=1S/C18H18N6O/c1-11(17(20)25)14-6-3-7-21-18(14)24-16-8-15(12(9-19)10-22-16)23-13-4-2-5-13/h3,6-8,10,13H,1-2,4-5H2,(H2,20,25)(H2,21,22,23,24). The van der Waals surface area contributed by atoms with Crippen molar-refractivity contribution in [2.75, 3.05) is 10.6 Å². The van der Waals surface area contributed by atoms with Crippen molar-refractivity contribution in [3.8, 4) is 6.07 Å². The smallest absolute Gasteiger partial charge is 0.248 e. The lowest BCUT2D eigenvalue weighted by Gasteiger charge is -2.28. The third kappa shape index (κ3) is 3.58. The molecule has 0 unspecified atom stereocenters. The van der Waals surface area contributed by atoms with Crippen LogP contribution in [0.15, 0.2) is 37.2 Å². The van der Waals surface area contributed by atoms with Crippen molar-refractivity contribution in [2.45, 2.75) is 25.3 Å². The number of hydrogen-bond acceptors (Lipinski definition) is 6. The molecule has 0 spiro atoms. The molecule has 7 heteroatoms. The van der Waals surface area contributed by atoms with E-state index in [0.29, 0.717) is 28.8 Å². The summed E-state index contributed by atoms with van der Waals surface area (Å²) in [5, 5.41) is 15.7. The molecule has 1 saturated carbocycles. The highest BCUT2D eigenvalue weighted by Gasteiger charge is 2.19. The van der Waals surface area contributed by atoms with Crippen molar-refractivity contribution in [3.63, 3.8) is 0 Å². The van der Waals surface area contributed by atoms with Gasteiger partial charge in [0.1, 0.15) is 17.7 Å². The highest BCUT2D eigenvalue weighted by atomic mass is 16.1. The molecule has 0 bridgehead atoms. The summed E-state index contributed by atoms with van der Waals surface area (Å²) < 4.78 is 0. The molecule has 1 aliphatic rings. The fourth-order valence-corrected chi connectivity index (χ4v) is 2.51. The SMILES string of the molecule is C=C(C(N)=O)c1cccnc1Nc1cc(NC2CCC2)c(C#N)cn1. The Kier molecular flexibility index (Phi) is 4.61. The third-order valence-corrected chi connectivity index (χ3v) is 4.17. The van der Waals surface area contributed by atoms with E-state index in [1.54, 1.807) is 24.4 Å². The molecule has 1 aliphatic carbocycles. The van der Waals surface area contributed by atoms with E-state index >= 15 is 0 Å². The first-order valence-electron chi connectivity index (χ1n) is 7.96. The van der Waals surface area contributed by atoms with E-state index in [2.05, 4.69) is 33.2 Å². The Bertz CT molecular complexity index is 866. The molecule has 7 nitrogen and oxygen atoms in total. The van der Waals surface area contributed by atoms with Gasteiger partial charge in [0, 0.05) is 35.6 Å². The average Bonchev–Trinajstić information content (AvgIpc) is 2.58. The lowest BCUT2D eigenvalue weighted by atomic mass is 9.93. The Morgan fingerprint density at radius 2 is 2.20 bits per heavy atom. The maximum absolute atomic E-state index is 11.4. The van der Waals surface area contributed by atoms with E-state index < -0.39 is 5.91 Å². The molecule has 25 heavy (non-hydrogen) atoms. The normalized spacial score (nSPS) is 13.4. The number of nitrogens with two attached hydrogens (primary N) is 1. The van der Waals surface area contributed by atoms with Crippen LogP contribution in [-0.2, 0) is 4.79 Å². The summed E-state index contributed by atoms with van der Waals surface area (Å²) in [5.74, 6) is 0.326. The molecule has 2 aromatic rings. The molecule has 3 rings (SSSR count). The molecular formula is C18H18N6O. The van der Waals surface area contributed by atoms with E-state index in [1.165, 1.54) is 12.6 Å². The largest absolute Gasteiger partial charge is 0.381 e. The summed E-state index contributed by atoms with van der Waals surface area (Å²) in [4.78, 5) is 19.9. The minimum absolute atomic E-state index is 0.164. The van der Waals surface area contributed by atoms with Crippen LogP contribution in [0, 0.1) is 11.3 Å². The van der Waals surface area contributed by atoms with Gasteiger partial charge in [-0.15, -0.1) is 0 Å². The number of carbonyl (C=O) groups excluding carboxylic acids is 1. The summed E-state index contributed by atoms with van der Waals surface area (Å²) >= 11 is 0. The lowest BCUT2D eigenvalue weighted by Crippen LogP contribution is -2.27. The van der Waals surface area contributed by atoms with Crippen molar-refractivity contribution in [1.29, 1.82) is 5.26 Å². The minimum atomic E-state index is -0.615. The van der Waals surface area contributed by atoms with Crippen LogP contribution in [0.5, 0.6) is 0 Å². The summed E-state index contributed by atoms with van der Waals surface area (Å²) in [6.07, 6.45) is 6.49. The minimum Gasteiger partial charge on any atom is -0.381 e. The topological polar surface area (TPSA) is 117 Å². The zero-order chi connectivity index (χ0) is 17.8. The molecule has 126 valence electrons. The molecule has 0 saturated heterocycles. The zero-order valence-electron chi connectivity index (χ0n) is 13.6. The predicted octanol–water partition coefficient (Wildman–Crippen LogP) is 2.55. The second-order valence-corrected chi connectivity index (χ2v) is 5.87. The van der Waals surface area contributed by atoms with Gasteiger partial charge >= 0.3 is 0 Å². The Balaban J connectivity index is 1.88. The molecule has 2 heterocycles. The number of nitriles is 1. The van der Waals surface area contributed by atoms with E-state index in [1.807, 2.05) is 0 Å². The van der Waals surface area contributed by atoms with Crippen LogP contribution < -0.4 is 16.4 Å². The molecule has 4 N–H and O–H groups in total. The van der Waals surface area contributed by atoms with E-state index in [9.17, 15) is 10.1 Å². The molecule has 0 radical (unpaired) electrons. The van der Waals surface area contributed by atoms with Gasteiger partial charge in [0.25, 0.3) is 0 Å². The second kappa shape index (κ2) is 7.01. The van der Waals surface area contributed by atoms with Gasteiger partial charge in [-0.2, -0.15) is 5.26 Å². The quantitative estimate of drug-likeness (QED) is 0.699. The number of pyridine rings is 2. The number of rotatable bonds is 6. The summed E-state index contributed by atoms with van der Waals surface area (Å²) in [5.41, 5.74) is 7.20. The Hall–Kier alpha value is -3.40. The van der Waals surface area contributed by atoms with Crippen LogP contribution in [0.25, 0.3) is 5.57 Å². The van der Waals surface area contributed by atoms with Gasteiger partial charge in [-0.1, -0.05) is 6.58 Å². The van der Waals surface area contributed by atoms with Gasteiger partial charge in [0.15, 0.2) is 0 Å². The Morgan fingerprint density at radius 3 is 2.84 bits per heavy atom. The third-order valence-electron chi connectivity index (χ3n) is 4.17. The monoisotopic (exact) mass is 334 g/mol. The highest BCUT2D eigenvalue weighted by molar-refractivity contribution is 6.19. The molecule has 1 amide bonds. The van der Waals surface area contributed by atoms with Crippen molar-refractivity contribution in [3.05, 3.63) is 48.3 Å². The van der Waals surface area contributed by atoms with Gasteiger partial charge in [0.05, 0.1) is 11.3 Å². The van der Waals surface area contributed by atoms with E-state index in [-0.39, 0.29) is 5.57 Å². The van der Waals surface area contributed by atoms with E-state index in [4.69, 9.17) is 5.73 Å². The number of nitrogens with one attached hydrogen (secondary N) is 2. The Labute approximate surface area is 145 Å². The number of amides is 1. The fourth-order valence-electron chi connectivity index (χ4n) is 2.51. The first-order valence-corrected chi connectivity index (χ1v) is 7.96. The number of primary amides is 1. The zero-order valence-corrected chi connectivity index (χ0v) is 13.6. The first-order chi connectivity index (χ1) is 12.1. The Morgan fingerprint density at radius 1 is 1.40 bits per heavy atom. The summed E-state index contributed by atoms with van der Waals surface area (Å²) in [6.45, 7) is 3.70. The van der Waals surface area contributed by atoms with Gasteiger partial charge in [-0.3, -0.25) is 4.79 Å². The lowest BCUT2D eigenvalue weighted by molar-refractivity contribution is -0.112. The summed E-state index contributed by atoms with van der Waals surface area (Å²) in [7, 11) is 0. The number of nitrogens with zero attached hydrogens (tertiary/aromatic N) is 3. The second-order valence-electron chi connectivity index (χ2n) is 5.87. The van der Waals surface area contributed by atoms with Crippen molar-refractivity contribution < 1.29 is 4.79 Å². The van der Waals surface area contributed by atoms with Crippen molar-refractivity contribution >= 4 is 28.8 Å². The summed E-state index contributed by atoms with van der Waals surface area (Å²) in [6, 6.07) is 7.71. The van der Waals surface area contributed by atoms with Crippen LogP contribution in [0.4, 0.5) is 17.3 Å². The molecule has 0 aromatic carbocycles. The van der Waals surface area contributed by atoms with Crippen LogP contribution >= 0.6 is 0 Å². The highest BCUT2D eigenvalue weighted by Crippen LogP contribution is 2.28. The van der Waals surface area contributed by atoms with Crippen LogP contribution in [0.3, 0.4) is 0 Å². The fraction of sp³-hybridized carbons (Fsp3) is 0.222. The van der Waals surface area contributed by atoms with Gasteiger partial charge in [0.2, 0.25) is 5.91 Å². The van der Waals surface area contributed by atoms with Crippen LogP contribution in [-0.4, -0.2) is 21.9 Å². The molecular weight excluding hydrogens is 316 g/mol.